The minimum Gasteiger partial charge on any atom is -0.379 e. The van der Waals surface area contributed by atoms with Crippen molar-refractivity contribution < 1.29 is 25.8 Å². The van der Waals surface area contributed by atoms with Gasteiger partial charge in [0, 0.05) is 12.4 Å². The summed E-state index contributed by atoms with van der Waals surface area (Å²) in [5, 5.41) is 0. The van der Waals surface area contributed by atoms with Crippen molar-refractivity contribution in [1.29, 1.82) is 0 Å². The quantitative estimate of drug-likeness (QED) is 0.336. The number of nitrogens with zero attached hydrogens (tertiary/aromatic N) is 1. The lowest BCUT2D eigenvalue weighted by Gasteiger charge is -2.09. The molecule has 0 radical (unpaired) electrons. The lowest BCUT2D eigenvalue weighted by Crippen LogP contribution is -2.10. The third-order valence-electron chi connectivity index (χ3n) is 5.01. The van der Waals surface area contributed by atoms with Crippen molar-refractivity contribution in [1.82, 2.24) is 4.40 Å². The Bertz CT molecular complexity index is 1550. The first kappa shape index (κ1) is 26.2. The van der Waals surface area contributed by atoms with Gasteiger partial charge in [-0.1, -0.05) is 30.7 Å². The maximum Gasteiger partial charge on any atom is 0.339 e. The Labute approximate surface area is 206 Å². The van der Waals surface area contributed by atoms with Gasteiger partial charge < -0.3 is 13.4 Å². The molecule has 9 heteroatoms. The second-order valence-corrected chi connectivity index (χ2v) is 11.5. The maximum absolute atomic E-state index is 13.4. The molecule has 35 heavy (non-hydrogen) atoms. The standard InChI is InChI=1S/C23H21NO5S2.C3H6O/c1-3-18-16-24-15-5-4-6-22(24)23(18)30(25,26)20-13-9-19(10-14-20)29-31(27,28)21-11-7-17(2)8-12-21;1-3(2)4/h4-16H,3H2,1-2H3;1-2H3. The van der Waals surface area contributed by atoms with Crippen molar-refractivity contribution in [3.63, 3.8) is 0 Å². The van der Waals surface area contributed by atoms with Crippen molar-refractivity contribution in [3.05, 3.63) is 90.3 Å². The van der Waals surface area contributed by atoms with Crippen LogP contribution >= 0.6 is 0 Å². The summed E-state index contributed by atoms with van der Waals surface area (Å²) in [4.78, 5) is 9.80. The van der Waals surface area contributed by atoms with Crippen LogP contribution in [-0.2, 0) is 31.2 Å². The Morgan fingerprint density at radius 2 is 1.43 bits per heavy atom. The van der Waals surface area contributed by atoms with E-state index >= 15 is 0 Å². The molecule has 2 heterocycles. The smallest absolute Gasteiger partial charge is 0.339 e. The third kappa shape index (κ3) is 5.98. The van der Waals surface area contributed by atoms with Gasteiger partial charge in [-0.15, -0.1) is 0 Å². The topological polar surface area (TPSA) is 99.0 Å². The van der Waals surface area contributed by atoms with Gasteiger partial charge in [0.25, 0.3) is 0 Å². The summed E-state index contributed by atoms with van der Waals surface area (Å²) in [6.45, 7) is 6.81. The van der Waals surface area contributed by atoms with Gasteiger partial charge in [0.1, 0.15) is 21.3 Å². The molecule has 2 aromatic heterocycles. The van der Waals surface area contributed by atoms with E-state index in [2.05, 4.69) is 0 Å². The van der Waals surface area contributed by atoms with Gasteiger partial charge in [0.15, 0.2) is 0 Å². The van der Waals surface area contributed by atoms with Gasteiger partial charge in [-0.05, 0) is 81.3 Å². The van der Waals surface area contributed by atoms with Gasteiger partial charge in [-0.2, -0.15) is 8.42 Å². The molecule has 0 saturated heterocycles. The second-order valence-electron chi connectivity index (χ2n) is 8.06. The van der Waals surface area contributed by atoms with Crippen LogP contribution < -0.4 is 4.18 Å². The van der Waals surface area contributed by atoms with Crippen LogP contribution in [0.2, 0.25) is 0 Å². The molecule has 7 nitrogen and oxygen atoms in total. The predicted molar refractivity (Wildman–Crippen MR) is 134 cm³/mol. The van der Waals surface area contributed by atoms with Crippen LogP contribution in [0, 0.1) is 6.92 Å². The van der Waals surface area contributed by atoms with Crippen molar-refractivity contribution in [3.8, 4) is 5.75 Å². The highest BCUT2D eigenvalue weighted by Crippen LogP contribution is 2.31. The van der Waals surface area contributed by atoms with Gasteiger partial charge in [-0.25, -0.2) is 8.42 Å². The van der Waals surface area contributed by atoms with Crippen LogP contribution in [0.5, 0.6) is 5.75 Å². The third-order valence-corrected chi connectivity index (χ3v) is 8.17. The molecule has 0 N–H and O–H groups in total. The average molecular weight is 514 g/mol. The molecule has 0 unspecified atom stereocenters. The monoisotopic (exact) mass is 513 g/mol. The molecule has 0 bridgehead atoms. The number of ketones is 1. The maximum atomic E-state index is 13.4. The molecular weight excluding hydrogens is 486 g/mol. The largest absolute Gasteiger partial charge is 0.379 e. The summed E-state index contributed by atoms with van der Waals surface area (Å²) < 4.78 is 58.6. The average Bonchev–Trinajstić information content (AvgIpc) is 3.19. The molecule has 4 rings (SSSR count). The predicted octanol–water partition coefficient (Wildman–Crippen LogP) is 5.01. The van der Waals surface area contributed by atoms with Crippen LogP contribution in [0.1, 0.15) is 31.9 Å². The minimum absolute atomic E-state index is 0.0302. The first-order chi connectivity index (χ1) is 16.5. The molecule has 0 aliphatic rings. The summed E-state index contributed by atoms with van der Waals surface area (Å²) in [7, 11) is -7.82. The fourth-order valence-corrected chi connectivity index (χ4v) is 6.04. The van der Waals surface area contributed by atoms with Crippen LogP contribution in [0.3, 0.4) is 0 Å². The Balaban J connectivity index is 0.000000795. The molecule has 2 aromatic carbocycles. The molecule has 0 amide bonds. The number of Topliss-reactive ketones (excluding diaryl/α,β-unsaturated/α-hetero) is 1. The van der Waals surface area contributed by atoms with E-state index in [0.717, 1.165) is 5.56 Å². The van der Waals surface area contributed by atoms with E-state index in [1.165, 1.54) is 50.2 Å². The van der Waals surface area contributed by atoms with Crippen molar-refractivity contribution >= 4 is 31.3 Å². The Morgan fingerprint density at radius 1 is 0.857 bits per heavy atom. The highest BCUT2D eigenvalue weighted by Gasteiger charge is 2.25. The Hall–Kier alpha value is -3.43. The van der Waals surface area contributed by atoms with Crippen LogP contribution in [-0.4, -0.2) is 27.0 Å². The number of carbonyl (C=O) groups excluding carboxylic acids is 1. The second kappa shape index (κ2) is 10.5. The van der Waals surface area contributed by atoms with Gasteiger partial charge in [0.2, 0.25) is 9.84 Å². The molecule has 184 valence electrons. The van der Waals surface area contributed by atoms with Gasteiger partial charge in [0.05, 0.1) is 10.4 Å². The van der Waals surface area contributed by atoms with E-state index in [0.29, 0.717) is 17.5 Å². The van der Waals surface area contributed by atoms with Crippen LogP contribution in [0.25, 0.3) is 5.52 Å². The molecule has 4 aromatic rings. The number of aromatic nitrogens is 1. The van der Waals surface area contributed by atoms with Crippen molar-refractivity contribution in [2.45, 2.75) is 48.8 Å². The van der Waals surface area contributed by atoms with E-state index in [4.69, 9.17) is 4.18 Å². The highest BCUT2D eigenvalue weighted by molar-refractivity contribution is 7.91. The van der Waals surface area contributed by atoms with E-state index in [-0.39, 0.29) is 26.2 Å². The summed E-state index contributed by atoms with van der Waals surface area (Å²) >= 11 is 0. The molecule has 0 atom stereocenters. The summed E-state index contributed by atoms with van der Waals surface area (Å²) in [5.74, 6) is 0.206. The zero-order chi connectivity index (χ0) is 25.8. The van der Waals surface area contributed by atoms with E-state index < -0.39 is 20.0 Å². The number of aryl methyl sites for hydroxylation is 2. The van der Waals surface area contributed by atoms with Crippen LogP contribution in [0.15, 0.2) is 93.8 Å². The molecule has 0 aliphatic carbocycles. The molecule has 0 fully saturated rings. The Kier molecular flexibility index (Phi) is 7.82. The number of hydrogen-bond donors (Lipinski definition) is 0. The first-order valence-electron chi connectivity index (χ1n) is 10.9. The molecule has 0 spiro atoms. The number of fused-ring (bicyclic) bond motifs is 1. The van der Waals surface area contributed by atoms with E-state index in [1.807, 2.05) is 26.1 Å². The first-order valence-corrected chi connectivity index (χ1v) is 13.8. The summed E-state index contributed by atoms with van der Waals surface area (Å²) in [6.07, 6.45) is 4.18. The van der Waals surface area contributed by atoms with Crippen LogP contribution in [0.4, 0.5) is 0 Å². The molecular formula is C26H27NO6S2. The highest BCUT2D eigenvalue weighted by atomic mass is 32.2. The van der Waals surface area contributed by atoms with Crippen molar-refractivity contribution in [2.24, 2.45) is 0 Å². The van der Waals surface area contributed by atoms with Gasteiger partial charge >= 0.3 is 10.1 Å². The lowest BCUT2D eigenvalue weighted by molar-refractivity contribution is -0.115. The number of carbonyl (C=O) groups is 1. The SMILES string of the molecule is CC(C)=O.CCc1cn2ccccc2c1S(=O)(=O)c1ccc(OS(=O)(=O)c2ccc(C)cc2)cc1. The normalized spacial score (nSPS) is 11.5. The Morgan fingerprint density at radius 3 is 2.00 bits per heavy atom. The number of rotatable bonds is 6. The summed E-state index contributed by atoms with van der Waals surface area (Å²) in [5.41, 5.74) is 2.24. The summed E-state index contributed by atoms with van der Waals surface area (Å²) in [6, 6.07) is 17.1. The molecule has 0 saturated carbocycles. The van der Waals surface area contributed by atoms with E-state index in [1.54, 1.807) is 34.9 Å². The fourth-order valence-electron chi connectivity index (χ4n) is 3.39. The fraction of sp³-hybridized carbons (Fsp3) is 0.192. The number of sulfone groups is 1. The number of pyridine rings is 1. The minimum atomic E-state index is -4.01. The van der Waals surface area contributed by atoms with E-state index in [9.17, 15) is 21.6 Å². The number of benzene rings is 2. The zero-order valence-electron chi connectivity index (χ0n) is 19.9. The van der Waals surface area contributed by atoms with Gasteiger partial charge in [-0.3, -0.25) is 0 Å². The zero-order valence-corrected chi connectivity index (χ0v) is 21.6. The van der Waals surface area contributed by atoms with Crippen molar-refractivity contribution in [2.75, 3.05) is 0 Å². The lowest BCUT2D eigenvalue weighted by atomic mass is 10.2. The number of hydrogen-bond acceptors (Lipinski definition) is 6. The molecule has 0 aliphatic heterocycles.